The maximum absolute atomic E-state index is 2.39. The fourth-order valence-electron chi connectivity index (χ4n) is 13.3. The van der Waals surface area contributed by atoms with Gasteiger partial charge in [0.05, 0.1) is 25.2 Å². The van der Waals surface area contributed by atoms with Gasteiger partial charge < -0.3 is 9.80 Å². The molecule has 0 fully saturated rings. The molecule has 88 heavy (non-hydrogen) atoms. The summed E-state index contributed by atoms with van der Waals surface area (Å²) in [6.07, 6.45) is 4.43. The Morgan fingerprint density at radius 2 is 0.602 bits per heavy atom. The Bertz CT molecular complexity index is 5010. The van der Waals surface area contributed by atoms with Crippen LogP contribution in [0.1, 0.15) is 11.1 Å². The Morgan fingerprint density at radius 3 is 1.02 bits per heavy atom. The minimum atomic E-state index is 1.07. The zero-order valence-corrected chi connectivity index (χ0v) is 48.9. The van der Waals surface area contributed by atoms with Crippen LogP contribution >= 0.6 is 0 Å². The number of benzene rings is 14. The maximum atomic E-state index is 2.39. The highest BCUT2D eigenvalue weighted by Crippen LogP contribution is 2.43. The summed E-state index contributed by atoms with van der Waals surface area (Å²) in [6.45, 7) is 0. The number of imidazole rings is 2. The van der Waals surface area contributed by atoms with Gasteiger partial charge in [0.1, 0.15) is 11.4 Å². The van der Waals surface area contributed by atoms with Crippen LogP contribution in [-0.2, 0) is 14.1 Å². The molecule has 0 saturated heterocycles. The Labute approximate surface area is 511 Å². The van der Waals surface area contributed by atoms with Gasteiger partial charge in [-0.15, -0.1) is 0 Å². The number of fused-ring (bicyclic) bond motifs is 6. The molecule has 6 nitrogen and oxygen atoms in total. The highest BCUT2D eigenvalue weighted by atomic mass is 15.2. The Kier molecular flexibility index (Phi) is 12.9. The monoisotopic (exact) mass is 1130 g/mol. The highest BCUT2D eigenvalue weighted by molar-refractivity contribution is 6.02. The normalized spacial score (nSPS) is 11.7. The van der Waals surface area contributed by atoms with Crippen molar-refractivity contribution in [2.24, 2.45) is 14.1 Å². The second-order valence-electron chi connectivity index (χ2n) is 22.8. The molecule has 0 spiro atoms. The first kappa shape index (κ1) is 52.0. The number of hydrogen-bond acceptors (Lipinski definition) is 2. The topological polar surface area (TPSA) is 24.1 Å². The molecule has 2 heterocycles. The van der Waals surface area contributed by atoms with Crippen molar-refractivity contribution in [1.82, 2.24) is 9.13 Å². The lowest BCUT2D eigenvalue weighted by atomic mass is 10.0. The largest absolute Gasteiger partial charge is 0.310 e. The SMILES string of the molecule is C[n+]1c(-c2cccc3cc(N(c4ccc(C=Cc5ccc(N(c6ccc7ccccc7c6)c6ccc7c(-c8n(-c9ccccc9)c9ccccc9[n+]8C)cccc7c6)cc5)cc4)c4ccc5ccccc5c4)ccc23)n(-c2ccccc2)c2ccccc21. The summed E-state index contributed by atoms with van der Waals surface area (Å²) in [5.74, 6) is 2.26. The predicted molar refractivity (Wildman–Crippen MR) is 368 cm³/mol. The molecule has 0 radical (unpaired) electrons. The van der Waals surface area contributed by atoms with Crippen molar-refractivity contribution in [3.05, 3.63) is 327 Å². The van der Waals surface area contributed by atoms with Crippen LogP contribution in [0.25, 0.3) is 111 Å². The second-order valence-corrected chi connectivity index (χ2v) is 22.8. The summed E-state index contributed by atoms with van der Waals surface area (Å²) >= 11 is 0. The third-order valence-corrected chi connectivity index (χ3v) is 17.5. The zero-order chi connectivity index (χ0) is 58.7. The van der Waals surface area contributed by atoms with E-state index in [1.165, 1.54) is 65.5 Å². The Balaban J connectivity index is 0.729. The number of anilines is 6. The summed E-state index contributed by atoms with van der Waals surface area (Å²) in [6, 6.07) is 115. The van der Waals surface area contributed by atoms with Gasteiger partial charge in [-0.1, -0.05) is 194 Å². The zero-order valence-electron chi connectivity index (χ0n) is 48.9. The molecule has 416 valence electrons. The first-order valence-corrected chi connectivity index (χ1v) is 30.1. The third-order valence-electron chi connectivity index (χ3n) is 17.5. The smallest absolute Gasteiger partial charge is 0.295 e. The fourth-order valence-corrected chi connectivity index (χ4v) is 13.3. The van der Waals surface area contributed by atoms with Crippen molar-refractivity contribution in [3.63, 3.8) is 0 Å². The van der Waals surface area contributed by atoms with Crippen molar-refractivity contribution in [1.29, 1.82) is 0 Å². The average Bonchev–Trinajstić information content (AvgIpc) is 1.73. The van der Waals surface area contributed by atoms with Gasteiger partial charge in [-0.3, -0.25) is 0 Å². The van der Waals surface area contributed by atoms with Crippen molar-refractivity contribution >= 4 is 111 Å². The lowest BCUT2D eigenvalue weighted by Crippen LogP contribution is -2.30. The van der Waals surface area contributed by atoms with Crippen molar-refractivity contribution in [3.8, 4) is 34.2 Å². The quantitative estimate of drug-likeness (QED) is 0.0899. The lowest BCUT2D eigenvalue weighted by molar-refractivity contribution is -0.633. The van der Waals surface area contributed by atoms with Crippen molar-refractivity contribution < 1.29 is 9.13 Å². The van der Waals surface area contributed by atoms with Crippen LogP contribution in [0.2, 0.25) is 0 Å². The molecule has 0 N–H and O–H groups in total. The predicted octanol–water partition coefficient (Wildman–Crippen LogP) is 20.3. The van der Waals surface area contributed by atoms with Gasteiger partial charge in [-0.2, -0.15) is 9.13 Å². The molecule has 0 aliphatic rings. The molecule has 14 aromatic carbocycles. The molecule has 16 rings (SSSR count). The molecule has 6 heteroatoms. The van der Waals surface area contributed by atoms with E-state index in [1.807, 2.05) is 0 Å². The second kappa shape index (κ2) is 21.8. The minimum Gasteiger partial charge on any atom is -0.310 e. The molecule has 0 atom stereocenters. The van der Waals surface area contributed by atoms with Gasteiger partial charge in [0.15, 0.2) is 22.1 Å². The van der Waals surface area contributed by atoms with Crippen LogP contribution in [0, 0.1) is 0 Å². The maximum Gasteiger partial charge on any atom is 0.295 e. The third kappa shape index (κ3) is 9.14. The number of para-hydroxylation sites is 6. The molecule has 2 aromatic heterocycles. The summed E-state index contributed by atoms with van der Waals surface area (Å²) in [7, 11) is 4.36. The van der Waals surface area contributed by atoms with Gasteiger partial charge in [-0.25, -0.2) is 9.13 Å². The van der Waals surface area contributed by atoms with Crippen LogP contribution < -0.4 is 18.9 Å². The van der Waals surface area contributed by atoms with Crippen molar-refractivity contribution in [2.45, 2.75) is 0 Å². The van der Waals surface area contributed by atoms with Gasteiger partial charge in [0.25, 0.3) is 11.6 Å². The number of rotatable bonds is 12. The fraction of sp³-hybridized carbons (Fsp3) is 0.0244. The van der Waals surface area contributed by atoms with Gasteiger partial charge in [0.2, 0.25) is 0 Å². The molecule has 0 unspecified atom stereocenters. The minimum absolute atomic E-state index is 1.07. The van der Waals surface area contributed by atoms with Gasteiger partial charge >= 0.3 is 0 Å². The molecule has 0 aliphatic carbocycles. The van der Waals surface area contributed by atoms with E-state index in [0.29, 0.717) is 0 Å². The van der Waals surface area contributed by atoms with Crippen LogP contribution in [0.4, 0.5) is 34.1 Å². The molecule has 0 saturated carbocycles. The van der Waals surface area contributed by atoms with E-state index in [2.05, 4.69) is 370 Å². The highest BCUT2D eigenvalue weighted by Gasteiger charge is 2.29. The van der Waals surface area contributed by atoms with E-state index >= 15 is 0 Å². The van der Waals surface area contributed by atoms with E-state index in [1.54, 1.807) is 0 Å². The molecular formula is C82H60N6+2. The number of aromatic nitrogens is 4. The first-order chi connectivity index (χ1) is 43.5. The van der Waals surface area contributed by atoms with E-state index in [4.69, 9.17) is 0 Å². The average molecular weight is 1130 g/mol. The van der Waals surface area contributed by atoms with Crippen molar-refractivity contribution in [2.75, 3.05) is 9.80 Å². The number of hydrogen-bond donors (Lipinski definition) is 0. The first-order valence-electron chi connectivity index (χ1n) is 30.1. The molecule has 0 bridgehead atoms. The molecule has 0 aliphatic heterocycles. The van der Waals surface area contributed by atoms with Crippen LogP contribution in [0.5, 0.6) is 0 Å². The Hall–Kier alpha value is -11.6. The van der Waals surface area contributed by atoms with E-state index in [0.717, 1.165) is 79.0 Å². The summed E-state index contributed by atoms with van der Waals surface area (Å²) in [5.41, 5.74) is 18.0. The van der Waals surface area contributed by atoms with E-state index in [9.17, 15) is 0 Å². The Morgan fingerprint density at radius 1 is 0.273 bits per heavy atom. The lowest BCUT2D eigenvalue weighted by Gasteiger charge is -2.26. The summed E-state index contributed by atoms with van der Waals surface area (Å²) < 4.78 is 9.43. The molecule has 0 amide bonds. The number of nitrogens with zero attached hydrogens (tertiary/aromatic N) is 6. The number of aryl methyl sites for hydroxylation is 2. The van der Waals surface area contributed by atoms with Gasteiger partial charge in [-0.05, 0) is 188 Å². The summed E-state index contributed by atoms with van der Waals surface area (Å²) in [4.78, 5) is 4.76. The van der Waals surface area contributed by atoms with Gasteiger partial charge in [0, 0.05) is 34.1 Å². The standard InChI is InChI=1S/C82H60N6/c1-83-77-31-13-15-33-79(77)87(65-25-5-3-6-26-65)81(83)75-29-17-23-63-55-71(49-51-73(63)75)85(69-47-41-59-19-9-11-21-61(59)53-69)67-43-37-57(38-44-67)35-36-58-39-45-68(46-40-58)86(70-48-42-60-20-10-12-22-62(60)54-70)72-50-52-74-64(56-72)24-18-30-76(74)82-84(2)78-32-14-16-34-80(78)88(82)66-27-7-4-8-28-66/h3-56H,1-2H3/q+2. The molecular weight excluding hydrogens is 1070 g/mol. The summed E-state index contributed by atoms with van der Waals surface area (Å²) in [5, 5.41) is 9.52. The van der Waals surface area contributed by atoms with Crippen LogP contribution in [0.15, 0.2) is 315 Å². The van der Waals surface area contributed by atoms with Crippen LogP contribution in [-0.4, -0.2) is 9.13 Å². The molecule has 16 aromatic rings. The van der Waals surface area contributed by atoms with E-state index in [-0.39, 0.29) is 0 Å². The van der Waals surface area contributed by atoms with Crippen LogP contribution in [0.3, 0.4) is 0 Å². The van der Waals surface area contributed by atoms with E-state index < -0.39 is 0 Å².